The summed E-state index contributed by atoms with van der Waals surface area (Å²) in [4.78, 5) is 4.31. The lowest BCUT2D eigenvalue weighted by molar-refractivity contribution is 0.253. The first-order chi connectivity index (χ1) is 7.74. The second kappa shape index (κ2) is 10.7. The summed E-state index contributed by atoms with van der Waals surface area (Å²) in [7, 11) is 0. The highest BCUT2D eigenvalue weighted by Crippen LogP contribution is 2.10. The zero-order valence-corrected chi connectivity index (χ0v) is 10.7. The third kappa shape index (κ3) is 8.53. The van der Waals surface area contributed by atoms with Crippen molar-refractivity contribution in [2.45, 2.75) is 46.0 Å². The molecule has 0 aliphatic heterocycles. The van der Waals surface area contributed by atoms with Crippen molar-refractivity contribution in [2.24, 2.45) is 16.6 Å². The summed E-state index contributed by atoms with van der Waals surface area (Å²) in [5, 5.41) is 12.0. The van der Waals surface area contributed by atoms with E-state index in [1.165, 1.54) is 0 Å². The number of aliphatic hydroxyl groups excluding tert-OH is 1. The average Bonchev–Trinajstić information content (AvgIpc) is 2.27. The highest BCUT2D eigenvalue weighted by molar-refractivity contribution is 5.77. The zero-order valence-electron chi connectivity index (χ0n) is 10.7. The lowest BCUT2D eigenvalue weighted by atomic mass is 10.0. The Bertz CT molecular complexity index is 177. The monoisotopic (exact) mass is 229 g/mol. The number of nitrogens with one attached hydrogen (secondary N) is 1. The van der Waals surface area contributed by atoms with Gasteiger partial charge in [-0.15, -0.1) is 0 Å². The third-order valence-corrected chi connectivity index (χ3v) is 2.59. The van der Waals surface area contributed by atoms with Gasteiger partial charge < -0.3 is 16.2 Å². The number of hydrogen-bond donors (Lipinski definition) is 3. The molecular weight excluding hydrogens is 202 g/mol. The van der Waals surface area contributed by atoms with Gasteiger partial charge in [0.05, 0.1) is 0 Å². The van der Waals surface area contributed by atoms with Crippen LogP contribution < -0.4 is 11.1 Å². The highest BCUT2D eigenvalue weighted by Gasteiger charge is 2.06. The number of aliphatic imine (C=N–C) groups is 1. The standard InChI is InChI=1S/C12H27N3O/c1-3-5-8-14-12(13)15-10-11(6-4-2)7-9-16/h11,16H,3-10H2,1-2H3,(H3,13,14,15). The molecule has 0 heterocycles. The SMILES string of the molecule is CCCCNC(N)=NCC(CCC)CCO. The van der Waals surface area contributed by atoms with E-state index in [1.54, 1.807) is 0 Å². The maximum atomic E-state index is 8.91. The van der Waals surface area contributed by atoms with Crippen LogP contribution in [0.3, 0.4) is 0 Å². The van der Waals surface area contributed by atoms with Crippen LogP contribution in [0.15, 0.2) is 4.99 Å². The molecule has 0 radical (unpaired) electrons. The first-order valence-electron chi connectivity index (χ1n) is 6.39. The molecular formula is C12H27N3O. The number of nitrogens with zero attached hydrogens (tertiary/aromatic N) is 1. The van der Waals surface area contributed by atoms with Crippen molar-refractivity contribution in [1.29, 1.82) is 0 Å². The number of unbranched alkanes of at least 4 members (excludes halogenated alkanes) is 1. The predicted octanol–water partition coefficient (Wildman–Crippen LogP) is 1.49. The van der Waals surface area contributed by atoms with Crippen LogP contribution in [0.5, 0.6) is 0 Å². The number of aliphatic hydroxyl groups is 1. The van der Waals surface area contributed by atoms with Crippen molar-refractivity contribution in [3.8, 4) is 0 Å². The summed E-state index contributed by atoms with van der Waals surface area (Å²) >= 11 is 0. The largest absolute Gasteiger partial charge is 0.396 e. The molecule has 0 aromatic carbocycles. The van der Waals surface area contributed by atoms with E-state index in [0.29, 0.717) is 11.9 Å². The van der Waals surface area contributed by atoms with Crippen LogP contribution in [-0.4, -0.2) is 30.8 Å². The molecule has 0 saturated carbocycles. The fourth-order valence-electron chi connectivity index (χ4n) is 1.59. The van der Waals surface area contributed by atoms with E-state index in [4.69, 9.17) is 10.8 Å². The van der Waals surface area contributed by atoms with Gasteiger partial charge >= 0.3 is 0 Å². The first kappa shape index (κ1) is 15.2. The Kier molecular flexibility index (Phi) is 10.2. The number of hydrogen-bond acceptors (Lipinski definition) is 2. The fourth-order valence-corrected chi connectivity index (χ4v) is 1.59. The number of guanidine groups is 1. The number of nitrogens with two attached hydrogens (primary N) is 1. The summed E-state index contributed by atoms with van der Waals surface area (Å²) in [6, 6.07) is 0. The Balaban J connectivity index is 3.80. The molecule has 0 fully saturated rings. The molecule has 0 aliphatic carbocycles. The van der Waals surface area contributed by atoms with E-state index in [1.807, 2.05) is 0 Å². The van der Waals surface area contributed by atoms with Crippen LogP contribution in [-0.2, 0) is 0 Å². The molecule has 0 saturated heterocycles. The molecule has 4 N–H and O–H groups in total. The van der Waals surface area contributed by atoms with Crippen LogP contribution in [0.2, 0.25) is 0 Å². The van der Waals surface area contributed by atoms with Gasteiger partial charge in [-0.1, -0.05) is 26.7 Å². The topological polar surface area (TPSA) is 70.6 Å². The molecule has 0 aromatic heterocycles. The van der Waals surface area contributed by atoms with Crippen LogP contribution in [0, 0.1) is 5.92 Å². The highest BCUT2D eigenvalue weighted by atomic mass is 16.3. The molecule has 0 amide bonds. The predicted molar refractivity (Wildman–Crippen MR) is 69.5 cm³/mol. The maximum Gasteiger partial charge on any atom is 0.188 e. The summed E-state index contributed by atoms with van der Waals surface area (Å²) in [6.07, 6.45) is 5.32. The summed E-state index contributed by atoms with van der Waals surface area (Å²) in [5.74, 6) is 0.994. The van der Waals surface area contributed by atoms with Gasteiger partial charge in [-0.3, -0.25) is 4.99 Å². The van der Waals surface area contributed by atoms with Crippen LogP contribution in [0.4, 0.5) is 0 Å². The smallest absolute Gasteiger partial charge is 0.188 e. The van der Waals surface area contributed by atoms with Gasteiger partial charge in [0.25, 0.3) is 0 Å². The van der Waals surface area contributed by atoms with Gasteiger partial charge in [-0.05, 0) is 25.2 Å². The van der Waals surface area contributed by atoms with Crippen molar-refractivity contribution in [3.63, 3.8) is 0 Å². The van der Waals surface area contributed by atoms with E-state index in [2.05, 4.69) is 24.2 Å². The van der Waals surface area contributed by atoms with Crippen LogP contribution >= 0.6 is 0 Å². The second-order valence-corrected chi connectivity index (χ2v) is 4.17. The lowest BCUT2D eigenvalue weighted by Gasteiger charge is -2.12. The Morgan fingerprint density at radius 3 is 2.62 bits per heavy atom. The molecule has 0 aliphatic rings. The molecule has 16 heavy (non-hydrogen) atoms. The van der Waals surface area contributed by atoms with Crippen molar-refractivity contribution >= 4 is 5.96 Å². The van der Waals surface area contributed by atoms with E-state index in [-0.39, 0.29) is 6.61 Å². The molecule has 96 valence electrons. The summed E-state index contributed by atoms with van der Waals surface area (Å²) < 4.78 is 0. The minimum atomic E-state index is 0.239. The van der Waals surface area contributed by atoms with E-state index in [0.717, 1.165) is 45.2 Å². The molecule has 0 aromatic rings. The molecule has 1 atom stereocenters. The average molecular weight is 229 g/mol. The van der Waals surface area contributed by atoms with Crippen LogP contribution in [0.1, 0.15) is 46.0 Å². The van der Waals surface area contributed by atoms with Gasteiger partial charge in [-0.25, -0.2) is 0 Å². The summed E-state index contributed by atoms with van der Waals surface area (Å²) in [6.45, 7) is 6.15. The van der Waals surface area contributed by atoms with Crippen molar-refractivity contribution in [2.75, 3.05) is 19.7 Å². The first-order valence-corrected chi connectivity index (χ1v) is 6.39. The van der Waals surface area contributed by atoms with Crippen molar-refractivity contribution in [1.82, 2.24) is 5.32 Å². The minimum Gasteiger partial charge on any atom is -0.396 e. The maximum absolute atomic E-state index is 8.91. The second-order valence-electron chi connectivity index (χ2n) is 4.17. The molecule has 0 rings (SSSR count). The molecule has 4 heteroatoms. The van der Waals surface area contributed by atoms with E-state index < -0.39 is 0 Å². The number of rotatable bonds is 9. The van der Waals surface area contributed by atoms with Gasteiger partial charge in [0.1, 0.15) is 0 Å². The summed E-state index contributed by atoms with van der Waals surface area (Å²) in [5.41, 5.74) is 5.73. The Labute approximate surface area is 99.3 Å². The van der Waals surface area contributed by atoms with Gasteiger partial charge in [0, 0.05) is 19.7 Å². The van der Waals surface area contributed by atoms with E-state index in [9.17, 15) is 0 Å². The van der Waals surface area contributed by atoms with Crippen molar-refractivity contribution < 1.29 is 5.11 Å². The quantitative estimate of drug-likeness (QED) is 0.319. The Morgan fingerprint density at radius 2 is 2.06 bits per heavy atom. The third-order valence-electron chi connectivity index (χ3n) is 2.59. The van der Waals surface area contributed by atoms with Crippen LogP contribution in [0.25, 0.3) is 0 Å². The fraction of sp³-hybridized carbons (Fsp3) is 0.917. The molecule has 0 bridgehead atoms. The van der Waals surface area contributed by atoms with E-state index >= 15 is 0 Å². The molecule has 4 nitrogen and oxygen atoms in total. The minimum absolute atomic E-state index is 0.239. The van der Waals surface area contributed by atoms with Gasteiger partial charge in [-0.2, -0.15) is 0 Å². The zero-order chi connectivity index (χ0) is 12.2. The Hall–Kier alpha value is -0.770. The lowest BCUT2D eigenvalue weighted by Crippen LogP contribution is -2.33. The normalized spacial score (nSPS) is 13.8. The van der Waals surface area contributed by atoms with Gasteiger partial charge in [0.2, 0.25) is 0 Å². The van der Waals surface area contributed by atoms with Gasteiger partial charge in [0.15, 0.2) is 5.96 Å². The Morgan fingerprint density at radius 1 is 1.31 bits per heavy atom. The molecule has 0 spiro atoms. The van der Waals surface area contributed by atoms with Crippen molar-refractivity contribution in [3.05, 3.63) is 0 Å². The molecule has 1 unspecified atom stereocenters.